The molecule has 6 nitrogen and oxygen atoms in total. The van der Waals surface area contributed by atoms with Crippen molar-refractivity contribution in [1.82, 2.24) is 20.7 Å². The van der Waals surface area contributed by atoms with Crippen molar-refractivity contribution in [2.45, 2.75) is 45.7 Å². The molecule has 1 unspecified atom stereocenters. The third-order valence-corrected chi connectivity index (χ3v) is 7.26. The third kappa shape index (κ3) is 3.13. The largest absolute Gasteiger partial charge is 0.354 e. The minimum absolute atomic E-state index is 0.0477. The predicted molar refractivity (Wildman–Crippen MR) is 119 cm³/mol. The second-order valence-corrected chi connectivity index (χ2v) is 9.52. The number of nitrogens with zero attached hydrogens (tertiary/aromatic N) is 2. The summed E-state index contributed by atoms with van der Waals surface area (Å²) in [6.45, 7) is 8.44. The topological polar surface area (TPSA) is 72.5 Å². The van der Waals surface area contributed by atoms with E-state index in [2.05, 4.69) is 59.8 Å². The molecule has 0 radical (unpaired) electrons. The number of aromatic amines is 1. The van der Waals surface area contributed by atoms with Crippen molar-refractivity contribution < 1.29 is 4.79 Å². The number of aromatic nitrogens is 1. The van der Waals surface area contributed by atoms with Crippen LogP contribution in [0.2, 0.25) is 0 Å². The quantitative estimate of drug-likeness (QED) is 0.667. The van der Waals surface area contributed by atoms with E-state index in [1.54, 1.807) is 17.7 Å². The molecule has 2 aromatic rings. The number of thiophene rings is 1. The molecule has 5 heterocycles. The fourth-order valence-corrected chi connectivity index (χ4v) is 5.92. The van der Waals surface area contributed by atoms with Crippen molar-refractivity contribution >= 4 is 39.2 Å². The fraction of sp³-hybridized carbons (Fsp3) is 0.455. The van der Waals surface area contributed by atoms with Crippen LogP contribution in [0.15, 0.2) is 28.9 Å². The number of piperidine rings is 1. The van der Waals surface area contributed by atoms with Crippen molar-refractivity contribution in [2.75, 3.05) is 13.1 Å². The Morgan fingerprint density at radius 3 is 2.86 bits per heavy atom. The number of carbonyl (C=O) groups excluding carboxylic acids is 1. The Kier molecular flexibility index (Phi) is 4.59. The highest BCUT2D eigenvalue weighted by Gasteiger charge is 2.29. The summed E-state index contributed by atoms with van der Waals surface area (Å²) in [6, 6.07) is 2.07. The summed E-state index contributed by atoms with van der Waals surface area (Å²) in [5, 5.41) is 5.38. The molecule has 5 rings (SSSR count). The van der Waals surface area contributed by atoms with Crippen LogP contribution >= 0.6 is 11.3 Å². The van der Waals surface area contributed by atoms with Crippen molar-refractivity contribution in [3.63, 3.8) is 0 Å². The van der Waals surface area contributed by atoms with Gasteiger partial charge < -0.3 is 10.3 Å². The minimum Gasteiger partial charge on any atom is -0.354 e. The predicted octanol–water partition coefficient (Wildman–Crippen LogP) is 4.01. The SMILES string of the molecule is CC1=CC(c2[nH]c3cc(C(=O)C4CCNCC4)sc3c2C(C)C)=CN2NC=NC12. The molecule has 29 heavy (non-hydrogen) atoms. The molecule has 1 saturated heterocycles. The summed E-state index contributed by atoms with van der Waals surface area (Å²) >= 11 is 1.66. The first-order chi connectivity index (χ1) is 14.0. The maximum absolute atomic E-state index is 13.0. The lowest BCUT2D eigenvalue weighted by molar-refractivity contribution is 0.0899. The van der Waals surface area contributed by atoms with Gasteiger partial charge >= 0.3 is 0 Å². The number of hydrogen-bond donors (Lipinski definition) is 3. The number of fused-ring (bicyclic) bond motifs is 2. The van der Waals surface area contributed by atoms with E-state index in [0.29, 0.717) is 11.7 Å². The molecule has 1 atom stereocenters. The van der Waals surface area contributed by atoms with E-state index in [4.69, 9.17) is 0 Å². The van der Waals surface area contributed by atoms with Gasteiger partial charge in [0.2, 0.25) is 0 Å². The molecular weight excluding hydrogens is 382 g/mol. The normalized spacial score (nSPS) is 22.1. The van der Waals surface area contributed by atoms with Crippen LogP contribution in [0.25, 0.3) is 15.8 Å². The van der Waals surface area contributed by atoms with Crippen LogP contribution < -0.4 is 10.7 Å². The van der Waals surface area contributed by atoms with Gasteiger partial charge in [-0.25, -0.2) is 4.99 Å². The summed E-state index contributed by atoms with van der Waals surface area (Å²) in [4.78, 5) is 22.0. The Labute approximate surface area is 174 Å². The third-order valence-electron chi connectivity index (χ3n) is 6.08. The molecule has 152 valence electrons. The van der Waals surface area contributed by atoms with Gasteiger partial charge in [0, 0.05) is 17.7 Å². The summed E-state index contributed by atoms with van der Waals surface area (Å²) in [7, 11) is 0. The number of H-pyrrole nitrogens is 1. The van der Waals surface area contributed by atoms with Gasteiger partial charge in [0.15, 0.2) is 11.9 Å². The number of allylic oxidation sites excluding steroid dienone is 2. The zero-order valence-electron chi connectivity index (χ0n) is 17.1. The zero-order valence-corrected chi connectivity index (χ0v) is 17.9. The summed E-state index contributed by atoms with van der Waals surface area (Å²) in [5.41, 5.74) is 9.06. The summed E-state index contributed by atoms with van der Waals surface area (Å²) < 4.78 is 1.21. The Balaban J connectivity index is 1.53. The van der Waals surface area contributed by atoms with Crippen molar-refractivity contribution in [3.8, 4) is 0 Å². The van der Waals surface area contributed by atoms with Crippen LogP contribution in [0.1, 0.15) is 60.5 Å². The van der Waals surface area contributed by atoms with Gasteiger partial charge in [-0.1, -0.05) is 13.8 Å². The minimum atomic E-state index is 0.0477. The van der Waals surface area contributed by atoms with Crippen LogP contribution in [0.5, 0.6) is 0 Å². The fourth-order valence-electron chi connectivity index (χ4n) is 4.59. The monoisotopic (exact) mass is 409 g/mol. The Morgan fingerprint density at radius 2 is 2.10 bits per heavy atom. The lowest BCUT2D eigenvalue weighted by Crippen LogP contribution is -2.36. The number of carbonyl (C=O) groups is 1. The first-order valence-electron chi connectivity index (χ1n) is 10.4. The number of aliphatic imine (C=N–C) groups is 1. The van der Waals surface area contributed by atoms with Crippen LogP contribution in [0, 0.1) is 5.92 Å². The number of rotatable bonds is 4. The highest BCUT2D eigenvalue weighted by molar-refractivity contribution is 7.21. The van der Waals surface area contributed by atoms with Gasteiger partial charge in [0.05, 0.1) is 20.8 Å². The molecule has 0 bridgehead atoms. The highest BCUT2D eigenvalue weighted by Crippen LogP contribution is 2.40. The average Bonchev–Trinajstić information content (AvgIpc) is 3.41. The number of hydrogen-bond acceptors (Lipinski definition) is 6. The molecule has 0 spiro atoms. The first kappa shape index (κ1) is 18.6. The molecule has 0 saturated carbocycles. The molecule has 0 amide bonds. The smallest absolute Gasteiger partial charge is 0.176 e. The molecular formula is C22H27N5OS. The number of ketones is 1. The molecule has 3 aliphatic heterocycles. The van der Waals surface area contributed by atoms with E-state index >= 15 is 0 Å². The summed E-state index contributed by atoms with van der Waals surface area (Å²) in [5.74, 6) is 0.825. The number of hydrazine groups is 1. The van der Waals surface area contributed by atoms with E-state index in [-0.39, 0.29) is 12.1 Å². The first-order valence-corrected chi connectivity index (χ1v) is 11.2. The van der Waals surface area contributed by atoms with Crippen LogP contribution in [0.3, 0.4) is 0 Å². The molecule has 0 aromatic carbocycles. The van der Waals surface area contributed by atoms with Gasteiger partial charge in [0.1, 0.15) is 6.34 Å². The van der Waals surface area contributed by atoms with E-state index in [1.807, 2.05) is 5.01 Å². The van der Waals surface area contributed by atoms with Gasteiger partial charge in [-0.15, -0.1) is 11.3 Å². The van der Waals surface area contributed by atoms with Crippen molar-refractivity contribution in [3.05, 3.63) is 40.0 Å². The Morgan fingerprint density at radius 1 is 1.31 bits per heavy atom. The highest BCUT2D eigenvalue weighted by atomic mass is 32.1. The van der Waals surface area contributed by atoms with Crippen LogP contribution in [0.4, 0.5) is 0 Å². The lowest BCUT2D eigenvalue weighted by atomic mass is 9.93. The molecule has 3 N–H and O–H groups in total. The molecule has 0 aliphatic carbocycles. The maximum atomic E-state index is 13.0. The zero-order chi connectivity index (χ0) is 20.1. The van der Waals surface area contributed by atoms with E-state index < -0.39 is 0 Å². The van der Waals surface area contributed by atoms with E-state index in [1.165, 1.54) is 15.8 Å². The summed E-state index contributed by atoms with van der Waals surface area (Å²) in [6.07, 6.45) is 8.01. The van der Waals surface area contributed by atoms with E-state index in [0.717, 1.165) is 47.6 Å². The molecule has 2 aromatic heterocycles. The molecule has 7 heteroatoms. The lowest BCUT2D eigenvalue weighted by Gasteiger charge is -2.27. The second-order valence-electron chi connectivity index (χ2n) is 8.47. The molecule has 1 fully saturated rings. The Bertz CT molecular complexity index is 1050. The van der Waals surface area contributed by atoms with Gasteiger partial charge in [0.25, 0.3) is 0 Å². The van der Waals surface area contributed by atoms with Crippen molar-refractivity contribution in [1.29, 1.82) is 0 Å². The number of Topliss-reactive ketones (excluding diaryl/α,β-unsaturated/α-hetero) is 1. The molecule has 3 aliphatic rings. The van der Waals surface area contributed by atoms with E-state index in [9.17, 15) is 4.79 Å². The van der Waals surface area contributed by atoms with Crippen molar-refractivity contribution in [2.24, 2.45) is 10.9 Å². The van der Waals surface area contributed by atoms with Crippen LogP contribution in [-0.4, -0.2) is 41.4 Å². The van der Waals surface area contributed by atoms with Gasteiger partial charge in [-0.2, -0.15) is 0 Å². The number of nitrogens with one attached hydrogen (secondary N) is 3. The Hall–Kier alpha value is -2.38. The van der Waals surface area contributed by atoms with Crippen LogP contribution in [-0.2, 0) is 0 Å². The maximum Gasteiger partial charge on any atom is 0.176 e. The van der Waals surface area contributed by atoms with Gasteiger partial charge in [-0.05, 0) is 62.1 Å². The standard InChI is InChI=1S/C22H27N5OS/c1-12(2)18-19(15-8-13(3)22-24-11-25-27(22)10-15)26-16-9-17(29-21(16)18)20(28)14-4-6-23-7-5-14/h8-12,14,22-23,26H,4-7H2,1-3H3,(H,24,25). The van der Waals surface area contributed by atoms with Gasteiger partial charge in [-0.3, -0.25) is 15.2 Å². The average molecular weight is 410 g/mol. The second kappa shape index (κ2) is 7.15.